The summed E-state index contributed by atoms with van der Waals surface area (Å²) in [6.45, 7) is 5.04. The maximum absolute atomic E-state index is 5.35. The molecule has 0 aliphatic carbocycles. The zero-order valence-corrected chi connectivity index (χ0v) is 11.5. The molecular formula is C13H17N3O2S. The van der Waals surface area contributed by atoms with E-state index >= 15 is 0 Å². The van der Waals surface area contributed by atoms with Gasteiger partial charge in [-0.1, -0.05) is 0 Å². The van der Waals surface area contributed by atoms with Gasteiger partial charge in [0.15, 0.2) is 5.13 Å². The Morgan fingerprint density at radius 1 is 1.32 bits per heavy atom. The molecule has 0 saturated carbocycles. The molecule has 1 saturated heterocycles. The molecule has 0 bridgehead atoms. The Morgan fingerprint density at radius 2 is 2.21 bits per heavy atom. The fraction of sp³-hybridized carbons (Fsp3) is 0.462. The lowest BCUT2D eigenvalue weighted by molar-refractivity contribution is 0.122. The summed E-state index contributed by atoms with van der Waals surface area (Å²) in [5, 5.41) is 4.45. The quantitative estimate of drug-likeness (QED) is 0.905. The number of anilines is 1. The van der Waals surface area contributed by atoms with Crippen LogP contribution in [0.1, 0.15) is 10.6 Å². The lowest BCUT2D eigenvalue weighted by Crippen LogP contribution is -2.36. The van der Waals surface area contributed by atoms with Crippen molar-refractivity contribution in [2.24, 2.45) is 0 Å². The van der Waals surface area contributed by atoms with Gasteiger partial charge in [0.1, 0.15) is 5.76 Å². The molecule has 0 amide bonds. The number of ether oxygens (including phenoxy) is 1. The molecule has 2 aromatic rings. The van der Waals surface area contributed by atoms with E-state index in [-0.39, 0.29) is 0 Å². The van der Waals surface area contributed by atoms with Crippen molar-refractivity contribution < 1.29 is 9.15 Å². The maximum atomic E-state index is 5.35. The molecule has 0 atom stereocenters. The van der Waals surface area contributed by atoms with Crippen LogP contribution in [0.2, 0.25) is 0 Å². The molecule has 3 rings (SSSR count). The van der Waals surface area contributed by atoms with Gasteiger partial charge in [-0.05, 0) is 12.1 Å². The third kappa shape index (κ3) is 3.34. The van der Waals surface area contributed by atoms with Crippen LogP contribution in [0.5, 0.6) is 0 Å². The Hall–Kier alpha value is -1.37. The normalized spacial score (nSPS) is 15.9. The van der Waals surface area contributed by atoms with Crippen LogP contribution in [0.3, 0.4) is 0 Å². The molecule has 1 N–H and O–H groups in total. The van der Waals surface area contributed by atoms with Gasteiger partial charge in [-0.15, -0.1) is 11.3 Å². The number of nitrogens with zero attached hydrogens (tertiary/aromatic N) is 2. The monoisotopic (exact) mass is 279 g/mol. The zero-order chi connectivity index (χ0) is 12.9. The second-order valence-corrected chi connectivity index (χ2v) is 5.49. The van der Waals surface area contributed by atoms with Crippen LogP contribution < -0.4 is 10.2 Å². The smallest absolute Gasteiger partial charge is 0.185 e. The number of furan rings is 1. The average molecular weight is 279 g/mol. The molecule has 0 unspecified atom stereocenters. The number of hydrogen-bond donors (Lipinski definition) is 1. The zero-order valence-electron chi connectivity index (χ0n) is 10.7. The van der Waals surface area contributed by atoms with Crippen molar-refractivity contribution in [1.29, 1.82) is 0 Å². The van der Waals surface area contributed by atoms with Crippen LogP contribution in [0, 0.1) is 0 Å². The van der Waals surface area contributed by atoms with E-state index in [1.54, 1.807) is 17.6 Å². The Bertz CT molecular complexity index is 492. The highest BCUT2D eigenvalue weighted by Crippen LogP contribution is 2.23. The van der Waals surface area contributed by atoms with Crippen molar-refractivity contribution in [3.63, 3.8) is 0 Å². The number of nitrogens with one attached hydrogen (secondary N) is 1. The molecule has 0 radical (unpaired) electrons. The first-order valence-corrected chi connectivity index (χ1v) is 7.24. The first-order chi connectivity index (χ1) is 9.42. The topological polar surface area (TPSA) is 50.5 Å². The minimum absolute atomic E-state index is 0.748. The van der Waals surface area contributed by atoms with Gasteiger partial charge in [-0.25, -0.2) is 4.98 Å². The molecular weight excluding hydrogens is 262 g/mol. The van der Waals surface area contributed by atoms with Crippen LogP contribution in [-0.4, -0.2) is 31.3 Å². The van der Waals surface area contributed by atoms with E-state index in [4.69, 9.17) is 9.15 Å². The molecule has 102 valence electrons. The van der Waals surface area contributed by atoms with Crippen molar-refractivity contribution >= 4 is 16.5 Å². The van der Waals surface area contributed by atoms with Crippen LogP contribution in [-0.2, 0) is 17.8 Å². The van der Waals surface area contributed by atoms with Crippen molar-refractivity contribution in [2.45, 2.75) is 13.1 Å². The van der Waals surface area contributed by atoms with E-state index in [1.807, 2.05) is 18.3 Å². The summed E-state index contributed by atoms with van der Waals surface area (Å²) in [5.41, 5.74) is 0. The summed E-state index contributed by atoms with van der Waals surface area (Å²) in [6, 6.07) is 3.87. The van der Waals surface area contributed by atoms with Gasteiger partial charge in [0.05, 0.1) is 26.0 Å². The number of aromatic nitrogens is 1. The fourth-order valence-electron chi connectivity index (χ4n) is 2.00. The molecule has 0 aromatic carbocycles. The van der Waals surface area contributed by atoms with Gasteiger partial charge in [0.2, 0.25) is 0 Å². The Balaban J connectivity index is 1.50. The third-order valence-electron chi connectivity index (χ3n) is 3.00. The van der Waals surface area contributed by atoms with Gasteiger partial charge < -0.3 is 19.4 Å². The summed E-state index contributed by atoms with van der Waals surface area (Å²) in [5.74, 6) is 0.956. The van der Waals surface area contributed by atoms with E-state index in [2.05, 4.69) is 15.2 Å². The molecule has 2 aromatic heterocycles. The number of rotatable bonds is 5. The number of morpholine rings is 1. The third-order valence-corrected chi connectivity index (χ3v) is 4.06. The van der Waals surface area contributed by atoms with E-state index in [9.17, 15) is 0 Å². The van der Waals surface area contributed by atoms with E-state index < -0.39 is 0 Å². The first kappa shape index (κ1) is 12.7. The van der Waals surface area contributed by atoms with Gasteiger partial charge >= 0.3 is 0 Å². The van der Waals surface area contributed by atoms with E-state index in [0.29, 0.717) is 0 Å². The van der Waals surface area contributed by atoms with Crippen molar-refractivity contribution in [3.8, 4) is 0 Å². The largest absolute Gasteiger partial charge is 0.468 e. The molecule has 1 aliphatic rings. The van der Waals surface area contributed by atoms with Crippen LogP contribution >= 0.6 is 11.3 Å². The van der Waals surface area contributed by atoms with Crippen LogP contribution in [0.4, 0.5) is 5.13 Å². The summed E-state index contributed by atoms with van der Waals surface area (Å²) in [7, 11) is 0. The summed E-state index contributed by atoms with van der Waals surface area (Å²) in [4.78, 5) is 8.01. The predicted molar refractivity (Wildman–Crippen MR) is 74.4 cm³/mol. The molecule has 6 heteroatoms. The highest BCUT2D eigenvalue weighted by molar-refractivity contribution is 7.15. The van der Waals surface area contributed by atoms with E-state index in [0.717, 1.165) is 50.3 Å². The van der Waals surface area contributed by atoms with Crippen LogP contribution in [0.25, 0.3) is 0 Å². The fourth-order valence-corrected chi connectivity index (χ4v) is 2.93. The van der Waals surface area contributed by atoms with E-state index in [1.165, 1.54) is 4.88 Å². The second kappa shape index (κ2) is 6.18. The highest BCUT2D eigenvalue weighted by Gasteiger charge is 2.14. The van der Waals surface area contributed by atoms with Gasteiger partial charge in [-0.3, -0.25) is 0 Å². The Morgan fingerprint density at radius 3 is 3.00 bits per heavy atom. The lowest BCUT2D eigenvalue weighted by Gasteiger charge is -2.25. The first-order valence-electron chi connectivity index (χ1n) is 6.42. The van der Waals surface area contributed by atoms with Gasteiger partial charge in [0.25, 0.3) is 0 Å². The van der Waals surface area contributed by atoms with Crippen molar-refractivity contribution in [2.75, 3.05) is 31.2 Å². The highest BCUT2D eigenvalue weighted by atomic mass is 32.1. The Kier molecular flexibility index (Phi) is 4.12. The SMILES string of the molecule is c1coc(CNCc2cnc(N3CCOCC3)s2)c1. The molecule has 1 fully saturated rings. The van der Waals surface area contributed by atoms with Crippen LogP contribution in [0.15, 0.2) is 29.0 Å². The molecule has 19 heavy (non-hydrogen) atoms. The molecule has 1 aliphatic heterocycles. The van der Waals surface area contributed by atoms with Gasteiger partial charge in [-0.2, -0.15) is 0 Å². The molecule has 3 heterocycles. The predicted octanol–water partition coefficient (Wildman–Crippen LogP) is 1.86. The lowest BCUT2D eigenvalue weighted by atomic mass is 10.4. The molecule has 5 nitrogen and oxygen atoms in total. The minimum atomic E-state index is 0.748. The number of hydrogen-bond acceptors (Lipinski definition) is 6. The summed E-state index contributed by atoms with van der Waals surface area (Å²) < 4.78 is 10.6. The molecule has 0 spiro atoms. The summed E-state index contributed by atoms with van der Waals surface area (Å²) >= 11 is 1.74. The second-order valence-electron chi connectivity index (χ2n) is 4.39. The minimum Gasteiger partial charge on any atom is -0.468 e. The standard InChI is InChI=1S/C13H17N3O2S/c1-2-11(18-5-1)8-14-9-12-10-15-13(19-12)16-3-6-17-7-4-16/h1-2,5,10,14H,3-4,6-9H2. The van der Waals surface area contributed by atoms with Crippen molar-refractivity contribution in [3.05, 3.63) is 35.2 Å². The van der Waals surface area contributed by atoms with Crippen molar-refractivity contribution in [1.82, 2.24) is 10.3 Å². The average Bonchev–Trinajstić information content (AvgIpc) is 3.11. The Labute approximate surface area is 116 Å². The number of thiazole rings is 1. The maximum Gasteiger partial charge on any atom is 0.185 e. The van der Waals surface area contributed by atoms with Gasteiger partial charge in [0, 0.05) is 30.7 Å². The summed E-state index contributed by atoms with van der Waals surface area (Å²) in [6.07, 6.45) is 3.64.